The Balaban J connectivity index is 2.66. The number of thiol groups is 1. The predicted octanol–water partition coefficient (Wildman–Crippen LogP) is 4.38. The first-order valence-electron chi connectivity index (χ1n) is 6.02. The van der Waals surface area contributed by atoms with Gasteiger partial charge in [0.2, 0.25) is 0 Å². The van der Waals surface area contributed by atoms with Crippen LogP contribution in [0.5, 0.6) is 0 Å². The van der Waals surface area contributed by atoms with Gasteiger partial charge in [-0.05, 0) is 48.6 Å². The van der Waals surface area contributed by atoms with Crippen molar-refractivity contribution in [2.24, 2.45) is 11.3 Å². The molecule has 0 saturated carbocycles. The second kappa shape index (κ2) is 6.14. The van der Waals surface area contributed by atoms with Gasteiger partial charge in [0.1, 0.15) is 0 Å². The molecular formula is C14H23NS2. The third kappa shape index (κ3) is 4.92. The van der Waals surface area contributed by atoms with E-state index in [4.69, 9.17) is 0 Å². The highest BCUT2D eigenvalue weighted by molar-refractivity contribution is 7.99. The standard InChI is InChI=1S/C14H23NS2/c1-10-6-11(2)15-13(7-10)17-9-12(8-16)14(3,4)5/h6-7,12,16H,8-9H2,1-5H3. The van der Waals surface area contributed by atoms with E-state index in [1.54, 1.807) is 0 Å². The molecule has 0 fully saturated rings. The van der Waals surface area contributed by atoms with Crippen molar-refractivity contribution < 1.29 is 0 Å². The third-order valence-electron chi connectivity index (χ3n) is 2.95. The number of hydrogen-bond donors (Lipinski definition) is 1. The molecule has 96 valence electrons. The zero-order valence-electron chi connectivity index (χ0n) is 11.4. The second-order valence-electron chi connectivity index (χ2n) is 5.68. The largest absolute Gasteiger partial charge is 0.247 e. The van der Waals surface area contributed by atoms with Gasteiger partial charge in [0.15, 0.2) is 0 Å². The number of thioether (sulfide) groups is 1. The molecule has 0 aliphatic carbocycles. The molecule has 1 aromatic rings. The lowest BCUT2D eigenvalue weighted by Crippen LogP contribution is -2.24. The Kier molecular flexibility index (Phi) is 5.39. The lowest BCUT2D eigenvalue weighted by atomic mass is 9.83. The SMILES string of the molecule is Cc1cc(C)nc(SCC(CS)C(C)(C)C)c1. The molecule has 0 radical (unpaired) electrons. The molecule has 0 spiro atoms. The third-order valence-corrected chi connectivity index (χ3v) is 4.47. The zero-order chi connectivity index (χ0) is 13.1. The molecule has 0 N–H and O–H groups in total. The van der Waals surface area contributed by atoms with E-state index in [2.05, 4.69) is 64.4 Å². The summed E-state index contributed by atoms with van der Waals surface area (Å²) in [7, 11) is 0. The summed E-state index contributed by atoms with van der Waals surface area (Å²) in [6.07, 6.45) is 0. The molecule has 3 heteroatoms. The van der Waals surface area contributed by atoms with E-state index in [0.29, 0.717) is 11.3 Å². The lowest BCUT2D eigenvalue weighted by Gasteiger charge is -2.29. The monoisotopic (exact) mass is 269 g/mol. The Labute approximate surface area is 115 Å². The first kappa shape index (κ1) is 14.9. The molecule has 0 aromatic carbocycles. The molecule has 1 aromatic heterocycles. The first-order valence-corrected chi connectivity index (χ1v) is 7.63. The molecule has 1 heterocycles. The van der Waals surface area contributed by atoms with Crippen molar-refractivity contribution in [3.63, 3.8) is 0 Å². The van der Waals surface area contributed by atoms with Gasteiger partial charge in [0.25, 0.3) is 0 Å². The number of hydrogen-bond acceptors (Lipinski definition) is 3. The van der Waals surface area contributed by atoms with Gasteiger partial charge in [-0.1, -0.05) is 20.8 Å². The highest BCUT2D eigenvalue weighted by Gasteiger charge is 2.23. The molecular weight excluding hydrogens is 246 g/mol. The highest BCUT2D eigenvalue weighted by atomic mass is 32.2. The number of aryl methyl sites for hydroxylation is 2. The molecule has 0 bridgehead atoms. The van der Waals surface area contributed by atoms with Crippen LogP contribution in [0.2, 0.25) is 0 Å². The molecule has 17 heavy (non-hydrogen) atoms. The van der Waals surface area contributed by atoms with E-state index >= 15 is 0 Å². The fourth-order valence-electron chi connectivity index (χ4n) is 1.64. The summed E-state index contributed by atoms with van der Waals surface area (Å²) in [4.78, 5) is 4.56. The fourth-order valence-corrected chi connectivity index (χ4v) is 3.96. The number of aromatic nitrogens is 1. The Morgan fingerprint density at radius 1 is 1.29 bits per heavy atom. The topological polar surface area (TPSA) is 12.9 Å². The summed E-state index contributed by atoms with van der Waals surface area (Å²) in [5, 5.41) is 1.14. The average Bonchev–Trinajstić information content (AvgIpc) is 2.14. The fraction of sp³-hybridized carbons (Fsp3) is 0.643. The van der Waals surface area contributed by atoms with E-state index < -0.39 is 0 Å². The van der Waals surface area contributed by atoms with Gasteiger partial charge in [-0.15, -0.1) is 11.8 Å². The van der Waals surface area contributed by atoms with Crippen LogP contribution in [0, 0.1) is 25.2 Å². The maximum atomic E-state index is 4.56. The van der Waals surface area contributed by atoms with Crippen molar-refractivity contribution in [3.8, 4) is 0 Å². The molecule has 1 unspecified atom stereocenters. The first-order chi connectivity index (χ1) is 7.82. The summed E-state index contributed by atoms with van der Waals surface area (Å²) in [5.74, 6) is 2.63. The van der Waals surface area contributed by atoms with Crippen LogP contribution in [0.25, 0.3) is 0 Å². The van der Waals surface area contributed by atoms with E-state index in [-0.39, 0.29) is 0 Å². The van der Waals surface area contributed by atoms with E-state index in [1.807, 2.05) is 11.8 Å². The van der Waals surface area contributed by atoms with Gasteiger partial charge in [-0.3, -0.25) is 0 Å². The molecule has 0 aliphatic rings. The van der Waals surface area contributed by atoms with Crippen LogP contribution < -0.4 is 0 Å². The van der Waals surface area contributed by atoms with Gasteiger partial charge in [0.05, 0.1) is 5.03 Å². The normalized spacial score (nSPS) is 13.8. The van der Waals surface area contributed by atoms with E-state index in [0.717, 1.165) is 22.2 Å². The average molecular weight is 269 g/mol. The van der Waals surface area contributed by atoms with Crippen molar-refractivity contribution in [2.75, 3.05) is 11.5 Å². The van der Waals surface area contributed by atoms with Gasteiger partial charge >= 0.3 is 0 Å². The van der Waals surface area contributed by atoms with Crippen molar-refractivity contribution in [1.29, 1.82) is 0 Å². The molecule has 1 atom stereocenters. The highest BCUT2D eigenvalue weighted by Crippen LogP contribution is 2.32. The summed E-state index contributed by atoms with van der Waals surface area (Å²) in [6, 6.07) is 4.28. The Bertz CT molecular complexity index is 349. The lowest BCUT2D eigenvalue weighted by molar-refractivity contribution is 0.294. The minimum atomic E-state index is 0.313. The summed E-state index contributed by atoms with van der Waals surface area (Å²) in [6.45, 7) is 11.0. The number of nitrogens with zero attached hydrogens (tertiary/aromatic N) is 1. The molecule has 0 aliphatic heterocycles. The van der Waals surface area contributed by atoms with Gasteiger partial charge in [0, 0.05) is 11.4 Å². The minimum Gasteiger partial charge on any atom is -0.247 e. The zero-order valence-corrected chi connectivity index (χ0v) is 13.2. The quantitative estimate of drug-likeness (QED) is 0.643. The van der Waals surface area contributed by atoms with Crippen LogP contribution in [0.4, 0.5) is 0 Å². The summed E-state index contributed by atoms with van der Waals surface area (Å²) < 4.78 is 0. The summed E-state index contributed by atoms with van der Waals surface area (Å²) >= 11 is 6.31. The minimum absolute atomic E-state index is 0.313. The van der Waals surface area contributed by atoms with E-state index in [1.165, 1.54) is 5.56 Å². The maximum absolute atomic E-state index is 4.56. The molecule has 0 saturated heterocycles. The van der Waals surface area contributed by atoms with Crippen LogP contribution in [-0.2, 0) is 0 Å². The van der Waals surface area contributed by atoms with Gasteiger partial charge in [-0.2, -0.15) is 12.6 Å². The molecule has 1 rings (SSSR count). The Hall–Kier alpha value is -0.150. The Morgan fingerprint density at radius 2 is 1.94 bits per heavy atom. The van der Waals surface area contributed by atoms with Crippen molar-refractivity contribution >= 4 is 24.4 Å². The number of rotatable bonds is 4. The van der Waals surface area contributed by atoms with Crippen molar-refractivity contribution in [3.05, 3.63) is 23.4 Å². The van der Waals surface area contributed by atoms with Crippen LogP contribution >= 0.6 is 24.4 Å². The van der Waals surface area contributed by atoms with Crippen molar-refractivity contribution in [1.82, 2.24) is 4.98 Å². The second-order valence-corrected chi connectivity index (χ2v) is 7.09. The van der Waals surface area contributed by atoms with Crippen LogP contribution in [-0.4, -0.2) is 16.5 Å². The van der Waals surface area contributed by atoms with Gasteiger partial charge < -0.3 is 0 Å². The van der Waals surface area contributed by atoms with Crippen LogP contribution in [0.3, 0.4) is 0 Å². The van der Waals surface area contributed by atoms with Crippen LogP contribution in [0.1, 0.15) is 32.0 Å². The van der Waals surface area contributed by atoms with Crippen LogP contribution in [0.15, 0.2) is 17.2 Å². The smallest absolute Gasteiger partial charge is 0.0965 e. The summed E-state index contributed by atoms with van der Waals surface area (Å²) in [5.41, 5.74) is 2.71. The van der Waals surface area contributed by atoms with Crippen molar-refractivity contribution in [2.45, 2.75) is 39.6 Å². The van der Waals surface area contributed by atoms with Gasteiger partial charge in [-0.25, -0.2) is 4.98 Å². The molecule has 0 amide bonds. The molecule has 1 nitrogen and oxygen atoms in total. The Morgan fingerprint density at radius 3 is 2.41 bits per heavy atom. The predicted molar refractivity (Wildman–Crippen MR) is 81.2 cm³/mol. The van der Waals surface area contributed by atoms with E-state index in [9.17, 15) is 0 Å². The number of pyridine rings is 1. The maximum Gasteiger partial charge on any atom is 0.0965 e.